The molecule has 0 aliphatic rings. The Morgan fingerprint density at radius 2 is 2.25 bits per heavy atom. The monoisotopic (exact) mass is 306 g/mol. The number of methoxy groups -OCH3 is 1. The molecule has 1 aromatic carbocycles. The van der Waals surface area contributed by atoms with Crippen molar-refractivity contribution in [1.29, 1.82) is 0 Å². The van der Waals surface area contributed by atoms with E-state index in [1.807, 2.05) is 6.07 Å². The summed E-state index contributed by atoms with van der Waals surface area (Å²) in [5.74, 6) is 0.389. The molecule has 0 aliphatic heterocycles. The maximum absolute atomic E-state index is 10.8. The molecule has 0 saturated heterocycles. The summed E-state index contributed by atoms with van der Waals surface area (Å²) in [5.41, 5.74) is 0. The van der Waals surface area contributed by atoms with Gasteiger partial charge in [-0.1, -0.05) is 27.5 Å². The average Bonchev–Trinajstić information content (AvgIpc) is 2.26. The van der Waals surface area contributed by atoms with Crippen LogP contribution < -0.4 is 4.74 Å². The minimum atomic E-state index is -0.231. The van der Waals surface area contributed by atoms with E-state index in [1.165, 1.54) is 7.11 Å². The zero-order chi connectivity index (χ0) is 12.0. The molecule has 1 aromatic rings. The van der Waals surface area contributed by atoms with Crippen LogP contribution in [0.25, 0.3) is 0 Å². The predicted molar refractivity (Wildman–Crippen MR) is 65.9 cm³/mol. The smallest absolute Gasteiger partial charge is 0.305 e. The number of hydrogen-bond donors (Lipinski definition) is 0. The largest absolute Gasteiger partial charge is 0.492 e. The standard InChI is InChI=1S/C11H12BrClO3/c1-15-11(14)3-2-6-16-10-5-4-8(12)7-9(10)13/h4-5,7H,2-3,6H2,1H3. The van der Waals surface area contributed by atoms with E-state index in [2.05, 4.69) is 20.7 Å². The molecule has 0 N–H and O–H groups in total. The van der Waals surface area contributed by atoms with Gasteiger partial charge in [0.25, 0.3) is 0 Å². The summed E-state index contributed by atoms with van der Waals surface area (Å²) in [4.78, 5) is 10.8. The second kappa shape index (κ2) is 6.76. The number of rotatable bonds is 5. The van der Waals surface area contributed by atoms with Crippen molar-refractivity contribution in [1.82, 2.24) is 0 Å². The first-order chi connectivity index (χ1) is 7.63. The van der Waals surface area contributed by atoms with Crippen molar-refractivity contribution in [3.8, 4) is 5.75 Å². The molecule has 0 saturated carbocycles. The summed E-state index contributed by atoms with van der Waals surface area (Å²) in [6, 6.07) is 5.39. The van der Waals surface area contributed by atoms with Gasteiger partial charge in [-0.25, -0.2) is 0 Å². The maximum atomic E-state index is 10.8. The third-order valence-electron chi connectivity index (χ3n) is 1.90. The number of carbonyl (C=O) groups excluding carboxylic acids is 1. The van der Waals surface area contributed by atoms with E-state index in [4.69, 9.17) is 16.3 Å². The number of hydrogen-bond acceptors (Lipinski definition) is 3. The van der Waals surface area contributed by atoms with Crippen LogP contribution in [0, 0.1) is 0 Å². The van der Waals surface area contributed by atoms with Crippen LogP contribution in [-0.4, -0.2) is 19.7 Å². The normalized spacial score (nSPS) is 9.94. The van der Waals surface area contributed by atoms with E-state index in [0.717, 1.165) is 4.47 Å². The van der Waals surface area contributed by atoms with Gasteiger partial charge in [-0.3, -0.25) is 4.79 Å². The molecule has 0 atom stereocenters. The van der Waals surface area contributed by atoms with Gasteiger partial charge in [-0.2, -0.15) is 0 Å². The van der Waals surface area contributed by atoms with Gasteiger partial charge in [0.05, 0.1) is 18.7 Å². The van der Waals surface area contributed by atoms with Gasteiger partial charge in [0.15, 0.2) is 0 Å². The predicted octanol–water partition coefficient (Wildman–Crippen LogP) is 3.43. The fourth-order valence-electron chi connectivity index (χ4n) is 1.09. The van der Waals surface area contributed by atoms with Crippen molar-refractivity contribution in [2.75, 3.05) is 13.7 Å². The molecule has 0 aromatic heterocycles. The van der Waals surface area contributed by atoms with Crippen LogP contribution in [0.15, 0.2) is 22.7 Å². The lowest BCUT2D eigenvalue weighted by molar-refractivity contribution is -0.140. The van der Waals surface area contributed by atoms with E-state index in [0.29, 0.717) is 30.2 Å². The van der Waals surface area contributed by atoms with Crippen molar-refractivity contribution >= 4 is 33.5 Å². The van der Waals surface area contributed by atoms with Crippen LogP contribution in [-0.2, 0) is 9.53 Å². The second-order valence-corrected chi connectivity index (χ2v) is 4.43. The van der Waals surface area contributed by atoms with Crippen LogP contribution in [0.1, 0.15) is 12.8 Å². The number of benzene rings is 1. The lowest BCUT2D eigenvalue weighted by atomic mass is 10.3. The van der Waals surface area contributed by atoms with Crippen LogP contribution >= 0.6 is 27.5 Å². The van der Waals surface area contributed by atoms with Crippen LogP contribution in [0.5, 0.6) is 5.75 Å². The topological polar surface area (TPSA) is 35.5 Å². The lowest BCUT2D eigenvalue weighted by Crippen LogP contribution is -2.04. The minimum absolute atomic E-state index is 0.231. The van der Waals surface area contributed by atoms with Crippen molar-refractivity contribution < 1.29 is 14.3 Å². The zero-order valence-electron chi connectivity index (χ0n) is 8.83. The summed E-state index contributed by atoms with van der Waals surface area (Å²) in [6.45, 7) is 0.441. The SMILES string of the molecule is COC(=O)CCCOc1ccc(Br)cc1Cl. The van der Waals surface area contributed by atoms with Gasteiger partial charge >= 0.3 is 5.97 Å². The van der Waals surface area contributed by atoms with E-state index in [-0.39, 0.29) is 5.97 Å². The highest BCUT2D eigenvalue weighted by atomic mass is 79.9. The summed E-state index contributed by atoms with van der Waals surface area (Å²) < 4.78 is 10.8. The molecular formula is C11H12BrClO3. The van der Waals surface area contributed by atoms with E-state index in [9.17, 15) is 4.79 Å². The molecule has 0 spiro atoms. The summed E-state index contributed by atoms with van der Waals surface area (Å²) in [6.07, 6.45) is 0.962. The molecule has 0 unspecified atom stereocenters. The summed E-state index contributed by atoms with van der Waals surface area (Å²) in [7, 11) is 1.37. The van der Waals surface area contributed by atoms with Crippen LogP contribution in [0.2, 0.25) is 5.02 Å². The quantitative estimate of drug-likeness (QED) is 0.617. The van der Waals surface area contributed by atoms with Gasteiger partial charge in [0, 0.05) is 10.9 Å². The first-order valence-corrected chi connectivity index (χ1v) is 5.95. The number of ether oxygens (including phenoxy) is 2. The van der Waals surface area contributed by atoms with Gasteiger partial charge < -0.3 is 9.47 Å². The molecule has 0 fully saturated rings. The van der Waals surface area contributed by atoms with E-state index >= 15 is 0 Å². The molecule has 16 heavy (non-hydrogen) atoms. The van der Waals surface area contributed by atoms with Gasteiger partial charge in [-0.05, 0) is 24.6 Å². The van der Waals surface area contributed by atoms with Crippen LogP contribution in [0.3, 0.4) is 0 Å². The fraction of sp³-hybridized carbons (Fsp3) is 0.364. The Bertz CT molecular complexity index is 368. The summed E-state index contributed by atoms with van der Waals surface area (Å²) in [5, 5.41) is 0.549. The Morgan fingerprint density at radius 3 is 2.88 bits per heavy atom. The van der Waals surface area contributed by atoms with Crippen LogP contribution in [0.4, 0.5) is 0 Å². The fourth-order valence-corrected chi connectivity index (χ4v) is 1.82. The first kappa shape index (κ1) is 13.3. The highest BCUT2D eigenvalue weighted by Gasteiger charge is 2.03. The molecule has 1 rings (SSSR count). The number of esters is 1. The second-order valence-electron chi connectivity index (χ2n) is 3.10. The highest BCUT2D eigenvalue weighted by molar-refractivity contribution is 9.10. The molecule has 3 nitrogen and oxygen atoms in total. The van der Waals surface area contributed by atoms with Gasteiger partial charge in [-0.15, -0.1) is 0 Å². The first-order valence-electron chi connectivity index (χ1n) is 4.78. The van der Waals surface area contributed by atoms with Crippen molar-refractivity contribution in [2.45, 2.75) is 12.8 Å². The average molecular weight is 308 g/mol. The maximum Gasteiger partial charge on any atom is 0.305 e. The molecule has 0 amide bonds. The molecule has 5 heteroatoms. The third-order valence-corrected chi connectivity index (χ3v) is 2.69. The Hall–Kier alpha value is -0.740. The zero-order valence-corrected chi connectivity index (χ0v) is 11.2. The van der Waals surface area contributed by atoms with Gasteiger partial charge in [0.2, 0.25) is 0 Å². The van der Waals surface area contributed by atoms with E-state index in [1.54, 1.807) is 12.1 Å². The Morgan fingerprint density at radius 1 is 1.50 bits per heavy atom. The Kier molecular flexibility index (Phi) is 5.63. The molecule has 0 aliphatic carbocycles. The summed E-state index contributed by atoms with van der Waals surface area (Å²) >= 11 is 9.26. The van der Waals surface area contributed by atoms with Gasteiger partial charge in [0.1, 0.15) is 5.75 Å². The highest BCUT2D eigenvalue weighted by Crippen LogP contribution is 2.27. The lowest BCUT2D eigenvalue weighted by Gasteiger charge is -2.07. The van der Waals surface area contributed by atoms with Crippen molar-refractivity contribution in [3.05, 3.63) is 27.7 Å². The van der Waals surface area contributed by atoms with E-state index < -0.39 is 0 Å². The molecule has 0 heterocycles. The number of carbonyl (C=O) groups is 1. The Labute approximate surface area is 108 Å². The third kappa shape index (κ3) is 4.41. The molecule has 0 radical (unpaired) electrons. The Balaban J connectivity index is 2.35. The molecule has 88 valence electrons. The minimum Gasteiger partial charge on any atom is -0.492 e. The molecular weight excluding hydrogens is 295 g/mol. The van der Waals surface area contributed by atoms with Crippen molar-refractivity contribution in [3.63, 3.8) is 0 Å². The number of halogens is 2. The molecule has 0 bridgehead atoms. The van der Waals surface area contributed by atoms with Crippen molar-refractivity contribution in [2.24, 2.45) is 0 Å².